The molecule has 0 N–H and O–H groups in total. The number of aryl methyl sites for hydroxylation is 1. The van der Waals surface area contributed by atoms with Crippen molar-refractivity contribution in [2.75, 3.05) is 7.11 Å². The second-order valence-electron chi connectivity index (χ2n) is 7.27. The van der Waals surface area contributed by atoms with Gasteiger partial charge in [0.2, 0.25) is 0 Å². The van der Waals surface area contributed by atoms with E-state index in [9.17, 15) is 13.2 Å². The summed E-state index contributed by atoms with van der Waals surface area (Å²) >= 11 is 0. The molecule has 0 spiro atoms. The third-order valence-electron chi connectivity index (χ3n) is 5.08. The first-order chi connectivity index (χ1) is 14.3. The van der Waals surface area contributed by atoms with Crippen LogP contribution < -0.4 is 4.74 Å². The van der Waals surface area contributed by atoms with Crippen LogP contribution in [0.3, 0.4) is 0 Å². The lowest BCUT2D eigenvalue weighted by Gasteiger charge is -2.19. The topological polar surface area (TPSA) is 9.23 Å². The van der Waals surface area contributed by atoms with Crippen LogP contribution in [0.5, 0.6) is 5.75 Å². The molecule has 0 amide bonds. The summed E-state index contributed by atoms with van der Waals surface area (Å²) in [5.74, 6) is -4.56. The van der Waals surface area contributed by atoms with Crippen molar-refractivity contribution in [2.24, 2.45) is 0 Å². The lowest BCUT2D eigenvalue weighted by atomic mass is 9.93. The Kier molecular flexibility index (Phi) is 6.66. The summed E-state index contributed by atoms with van der Waals surface area (Å²) in [4.78, 5) is 0. The van der Waals surface area contributed by atoms with E-state index < -0.39 is 17.3 Å². The highest BCUT2D eigenvalue weighted by Crippen LogP contribution is 2.41. The molecule has 30 heavy (non-hydrogen) atoms. The van der Waals surface area contributed by atoms with Crippen molar-refractivity contribution >= 4 is 0 Å². The predicted molar refractivity (Wildman–Crippen MR) is 117 cm³/mol. The number of ether oxygens (including phenoxy) is 1. The molecule has 156 valence electrons. The number of hydrogen-bond acceptors (Lipinski definition) is 1. The molecular formula is C26H25F3O. The largest absolute Gasteiger partial charge is 0.494 e. The second-order valence-corrected chi connectivity index (χ2v) is 7.27. The standard InChI is InChI=1S/C26H25F3O/c1-4-5-6-7-18-8-10-19(11-9-18)20-12-14-21(15-13-20)22-16-17-23(30-3)25(27)24(22)26(2,28)29/h4-5,8-17H,6-7H2,1-3H3/b5-4+. The molecule has 0 radical (unpaired) electrons. The Labute approximate surface area is 175 Å². The van der Waals surface area contributed by atoms with E-state index in [1.165, 1.54) is 24.8 Å². The van der Waals surface area contributed by atoms with Crippen LogP contribution in [0.1, 0.15) is 31.4 Å². The van der Waals surface area contributed by atoms with E-state index in [4.69, 9.17) is 4.74 Å². The zero-order valence-electron chi connectivity index (χ0n) is 17.4. The molecule has 0 aliphatic heterocycles. The Hall–Kier alpha value is -3.01. The van der Waals surface area contributed by atoms with Crippen molar-refractivity contribution in [2.45, 2.75) is 32.6 Å². The molecule has 0 aliphatic rings. The molecule has 0 fully saturated rings. The maximum absolute atomic E-state index is 14.6. The van der Waals surface area contributed by atoms with Crippen LogP contribution >= 0.6 is 0 Å². The number of halogens is 3. The third kappa shape index (κ3) is 4.76. The van der Waals surface area contributed by atoms with Crippen LogP contribution in [-0.4, -0.2) is 7.11 Å². The minimum Gasteiger partial charge on any atom is -0.494 e. The van der Waals surface area contributed by atoms with Gasteiger partial charge in [-0.1, -0.05) is 60.7 Å². The highest BCUT2D eigenvalue weighted by Gasteiger charge is 2.33. The number of allylic oxidation sites excluding steroid dienone is 2. The first kappa shape index (κ1) is 21.7. The van der Waals surface area contributed by atoms with E-state index in [1.807, 2.05) is 25.1 Å². The van der Waals surface area contributed by atoms with Gasteiger partial charge in [0.25, 0.3) is 5.92 Å². The van der Waals surface area contributed by atoms with Gasteiger partial charge in [0.15, 0.2) is 11.6 Å². The maximum atomic E-state index is 14.6. The summed E-state index contributed by atoms with van der Waals surface area (Å²) in [5, 5.41) is 0. The summed E-state index contributed by atoms with van der Waals surface area (Å²) in [6.07, 6.45) is 6.18. The summed E-state index contributed by atoms with van der Waals surface area (Å²) in [6.45, 7) is 2.71. The molecule has 0 atom stereocenters. The van der Waals surface area contributed by atoms with Gasteiger partial charge in [0, 0.05) is 6.92 Å². The number of methoxy groups -OCH3 is 1. The Morgan fingerprint density at radius 2 is 1.43 bits per heavy atom. The quantitative estimate of drug-likeness (QED) is 0.361. The molecule has 0 aliphatic carbocycles. The van der Waals surface area contributed by atoms with Crippen molar-refractivity contribution in [3.8, 4) is 28.0 Å². The van der Waals surface area contributed by atoms with E-state index in [1.54, 1.807) is 12.1 Å². The van der Waals surface area contributed by atoms with Crippen LogP contribution in [0.4, 0.5) is 13.2 Å². The summed E-state index contributed by atoms with van der Waals surface area (Å²) in [6, 6.07) is 18.4. The average Bonchev–Trinajstić information content (AvgIpc) is 2.73. The van der Waals surface area contributed by atoms with Gasteiger partial charge in [0.1, 0.15) is 0 Å². The number of rotatable bonds is 7. The van der Waals surface area contributed by atoms with Crippen LogP contribution in [-0.2, 0) is 12.3 Å². The lowest BCUT2D eigenvalue weighted by Crippen LogP contribution is -2.13. The molecule has 0 saturated heterocycles. The zero-order chi connectivity index (χ0) is 21.7. The Balaban J connectivity index is 1.90. The molecule has 0 bridgehead atoms. The highest BCUT2D eigenvalue weighted by atomic mass is 19.3. The second kappa shape index (κ2) is 9.21. The number of alkyl halides is 2. The molecule has 3 aromatic rings. The van der Waals surface area contributed by atoms with E-state index in [0.717, 1.165) is 24.0 Å². The van der Waals surface area contributed by atoms with Crippen molar-refractivity contribution < 1.29 is 17.9 Å². The molecule has 0 aromatic heterocycles. The monoisotopic (exact) mass is 410 g/mol. The third-order valence-corrected chi connectivity index (χ3v) is 5.08. The minimum atomic E-state index is -3.34. The molecular weight excluding hydrogens is 385 g/mol. The van der Waals surface area contributed by atoms with Gasteiger partial charge in [-0.3, -0.25) is 0 Å². The number of hydrogen-bond donors (Lipinski definition) is 0. The lowest BCUT2D eigenvalue weighted by molar-refractivity contribution is 0.0140. The average molecular weight is 410 g/mol. The maximum Gasteiger partial charge on any atom is 0.274 e. The van der Waals surface area contributed by atoms with E-state index in [0.29, 0.717) is 12.5 Å². The highest BCUT2D eigenvalue weighted by molar-refractivity contribution is 5.73. The fourth-order valence-electron chi connectivity index (χ4n) is 3.51. The first-order valence-corrected chi connectivity index (χ1v) is 9.91. The van der Waals surface area contributed by atoms with Gasteiger partial charge in [-0.05, 0) is 59.7 Å². The molecule has 0 heterocycles. The molecule has 3 rings (SSSR count). The Bertz CT molecular complexity index is 1010. The normalized spacial score (nSPS) is 11.8. The summed E-state index contributed by atoms with van der Waals surface area (Å²) in [7, 11) is 1.26. The molecule has 4 heteroatoms. The molecule has 3 aromatic carbocycles. The van der Waals surface area contributed by atoms with Crippen LogP contribution in [0.2, 0.25) is 0 Å². The van der Waals surface area contributed by atoms with Crippen molar-refractivity contribution in [1.29, 1.82) is 0 Å². The minimum absolute atomic E-state index is 0.159. The Morgan fingerprint density at radius 3 is 1.97 bits per heavy atom. The zero-order valence-corrected chi connectivity index (χ0v) is 17.4. The number of benzene rings is 3. The van der Waals surface area contributed by atoms with Gasteiger partial charge in [-0.2, -0.15) is 0 Å². The Morgan fingerprint density at radius 1 is 0.867 bits per heavy atom. The van der Waals surface area contributed by atoms with Crippen molar-refractivity contribution in [3.63, 3.8) is 0 Å². The molecule has 0 saturated carbocycles. The molecule has 1 nitrogen and oxygen atoms in total. The van der Waals surface area contributed by atoms with Gasteiger partial charge in [-0.25, -0.2) is 13.2 Å². The first-order valence-electron chi connectivity index (χ1n) is 9.91. The predicted octanol–water partition coefficient (Wildman–Crippen LogP) is 7.79. The summed E-state index contributed by atoms with van der Waals surface area (Å²) in [5.41, 5.74) is 3.30. The molecule has 0 unspecified atom stereocenters. The van der Waals surface area contributed by atoms with Crippen LogP contribution in [0, 0.1) is 5.82 Å². The fraction of sp³-hybridized carbons (Fsp3) is 0.231. The van der Waals surface area contributed by atoms with Crippen LogP contribution in [0.15, 0.2) is 72.8 Å². The SMILES string of the molecule is C/C=C/CCc1ccc(-c2ccc(-c3ccc(OC)c(F)c3C(C)(F)F)cc2)cc1. The van der Waals surface area contributed by atoms with Crippen molar-refractivity contribution in [1.82, 2.24) is 0 Å². The van der Waals surface area contributed by atoms with E-state index in [-0.39, 0.29) is 11.3 Å². The van der Waals surface area contributed by atoms with E-state index in [2.05, 4.69) is 30.3 Å². The van der Waals surface area contributed by atoms with E-state index >= 15 is 0 Å². The van der Waals surface area contributed by atoms with Gasteiger partial charge < -0.3 is 4.74 Å². The summed E-state index contributed by atoms with van der Waals surface area (Å²) < 4.78 is 47.8. The van der Waals surface area contributed by atoms with Gasteiger partial charge >= 0.3 is 0 Å². The smallest absolute Gasteiger partial charge is 0.274 e. The van der Waals surface area contributed by atoms with Crippen molar-refractivity contribution in [3.05, 3.63) is 89.8 Å². The fourth-order valence-corrected chi connectivity index (χ4v) is 3.51. The van der Waals surface area contributed by atoms with Crippen LogP contribution in [0.25, 0.3) is 22.3 Å². The van der Waals surface area contributed by atoms with Gasteiger partial charge in [-0.15, -0.1) is 0 Å². The van der Waals surface area contributed by atoms with Gasteiger partial charge in [0.05, 0.1) is 12.7 Å².